The molecule has 0 saturated carbocycles. The van der Waals surface area contributed by atoms with Gasteiger partial charge in [-0.2, -0.15) is 0 Å². The van der Waals surface area contributed by atoms with Gasteiger partial charge in [-0.3, -0.25) is 4.79 Å². The van der Waals surface area contributed by atoms with Gasteiger partial charge in [0.1, 0.15) is 5.75 Å². The highest BCUT2D eigenvalue weighted by atomic mass is 35.5. The average Bonchev–Trinajstić information content (AvgIpc) is 2.36. The Hall–Kier alpha value is -1.26. The lowest BCUT2D eigenvalue weighted by Crippen LogP contribution is -2.36. The number of carbonyl (C=O) groups excluding carboxylic acids is 1. The molecule has 0 unspecified atom stereocenters. The standard InChI is InChI=1S/C14H21ClN2O2/c1-10(2)17(3)14(18)9-19-13-5-4-12(15)8-11(13)6-7-16/h4-5,8,10H,6-7,9,16H2,1-3H3. The Morgan fingerprint density at radius 2 is 2.16 bits per heavy atom. The molecule has 2 N–H and O–H groups in total. The molecule has 1 aromatic carbocycles. The smallest absolute Gasteiger partial charge is 0.260 e. The Kier molecular flexibility index (Phi) is 6.12. The van der Waals surface area contributed by atoms with Gasteiger partial charge in [0.05, 0.1) is 0 Å². The molecule has 0 saturated heterocycles. The van der Waals surface area contributed by atoms with Crippen molar-refractivity contribution in [3.8, 4) is 5.75 Å². The Morgan fingerprint density at radius 1 is 1.47 bits per heavy atom. The number of rotatable bonds is 6. The molecule has 1 rings (SSSR count). The maximum Gasteiger partial charge on any atom is 0.260 e. The summed E-state index contributed by atoms with van der Waals surface area (Å²) in [6.07, 6.45) is 0.671. The van der Waals surface area contributed by atoms with Crippen LogP contribution in [0.15, 0.2) is 18.2 Å². The van der Waals surface area contributed by atoms with E-state index in [1.165, 1.54) is 0 Å². The quantitative estimate of drug-likeness (QED) is 0.870. The van der Waals surface area contributed by atoms with E-state index in [1.54, 1.807) is 24.1 Å². The molecule has 0 spiro atoms. The van der Waals surface area contributed by atoms with Crippen LogP contribution < -0.4 is 10.5 Å². The predicted molar refractivity (Wildman–Crippen MR) is 77.6 cm³/mol. The van der Waals surface area contributed by atoms with Crippen LogP contribution in [0.25, 0.3) is 0 Å². The molecule has 4 nitrogen and oxygen atoms in total. The number of amides is 1. The number of hydrogen-bond acceptors (Lipinski definition) is 3. The van der Waals surface area contributed by atoms with Crippen molar-refractivity contribution >= 4 is 17.5 Å². The van der Waals surface area contributed by atoms with E-state index in [0.29, 0.717) is 23.7 Å². The zero-order valence-electron chi connectivity index (χ0n) is 11.6. The molecule has 0 aromatic heterocycles. The van der Waals surface area contributed by atoms with E-state index in [-0.39, 0.29) is 18.6 Å². The van der Waals surface area contributed by atoms with Crippen molar-refractivity contribution in [2.75, 3.05) is 20.2 Å². The van der Waals surface area contributed by atoms with Crippen LogP contribution in [0.4, 0.5) is 0 Å². The third-order valence-electron chi connectivity index (χ3n) is 2.96. The maximum absolute atomic E-state index is 11.8. The second kappa shape index (κ2) is 7.36. The van der Waals surface area contributed by atoms with Crippen LogP contribution >= 0.6 is 11.6 Å². The van der Waals surface area contributed by atoms with Crippen molar-refractivity contribution < 1.29 is 9.53 Å². The highest BCUT2D eigenvalue weighted by molar-refractivity contribution is 6.30. The molecule has 0 heterocycles. The van der Waals surface area contributed by atoms with Crippen molar-refractivity contribution in [3.05, 3.63) is 28.8 Å². The van der Waals surface area contributed by atoms with Crippen molar-refractivity contribution in [2.45, 2.75) is 26.3 Å². The first-order chi connectivity index (χ1) is 8.95. The van der Waals surface area contributed by atoms with Gasteiger partial charge in [0.25, 0.3) is 5.91 Å². The third kappa shape index (κ3) is 4.73. The number of hydrogen-bond donors (Lipinski definition) is 1. The average molecular weight is 285 g/mol. The lowest BCUT2D eigenvalue weighted by molar-refractivity contribution is -0.133. The number of nitrogens with two attached hydrogens (primary N) is 1. The van der Waals surface area contributed by atoms with E-state index in [1.807, 2.05) is 19.9 Å². The van der Waals surface area contributed by atoms with Gasteiger partial charge >= 0.3 is 0 Å². The normalized spacial score (nSPS) is 10.6. The minimum Gasteiger partial charge on any atom is -0.483 e. The Morgan fingerprint density at radius 3 is 2.74 bits per heavy atom. The molecule has 0 fully saturated rings. The van der Waals surface area contributed by atoms with Crippen LogP contribution in [0.3, 0.4) is 0 Å². The van der Waals surface area contributed by atoms with Gasteiger partial charge in [0, 0.05) is 18.1 Å². The van der Waals surface area contributed by atoms with Crippen molar-refractivity contribution in [1.29, 1.82) is 0 Å². The topological polar surface area (TPSA) is 55.6 Å². The molecule has 0 bridgehead atoms. The lowest BCUT2D eigenvalue weighted by Gasteiger charge is -2.21. The van der Waals surface area contributed by atoms with Gasteiger partial charge in [-0.05, 0) is 50.6 Å². The molecule has 0 aliphatic heterocycles. The molecule has 0 atom stereocenters. The first-order valence-electron chi connectivity index (χ1n) is 6.32. The fourth-order valence-electron chi connectivity index (χ4n) is 1.57. The molecular formula is C14H21ClN2O2. The fraction of sp³-hybridized carbons (Fsp3) is 0.500. The highest BCUT2D eigenvalue weighted by Gasteiger charge is 2.13. The minimum atomic E-state index is -0.0522. The third-order valence-corrected chi connectivity index (χ3v) is 3.19. The number of nitrogens with zero attached hydrogens (tertiary/aromatic N) is 1. The van der Waals surface area contributed by atoms with E-state index in [9.17, 15) is 4.79 Å². The molecule has 19 heavy (non-hydrogen) atoms. The van der Waals surface area contributed by atoms with Gasteiger partial charge in [-0.15, -0.1) is 0 Å². The summed E-state index contributed by atoms with van der Waals surface area (Å²) in [7, 11) is 1.76. The van der Waals surface area contributed by atoms with Gasteiger partial charge in [-0.25, -0.2) is 0 Å². The first kappa shape index (κ1) is 15.8. The van der Waals surface area contributed by atoms with E-state index in [2.05, 4.69) is 0 Å². The number of halogens is 1. The van der Waals surface area contributed by atoms with Crippen molar-refractivity contribution in [3.63, 3.8) is 0 Å². The SMILES string of the molecule is CC(C)N(C)C(=O)COc1ccc(Cl)cc1CCN. The molecule has 0 aliphatic carbocycles. The molecule has 0 radical (unpaired) electrons. The van der Waals surface area contributed by atoms with Crippen molar-refractivity contribution in [1.82, 2.24) is 4.90 Å². The summed E-state index contributed by atoms with van der Waals surface area (Å²) in [5.41, 5.74) is 6.48. The highest BCUT2D eigenvalue weighted by Crippen LogP contribution is 2.23. The fourth-order valence-corrected chi connectivity index (χ4v) is 1.76. The monoisotopic (exact) mass is 284 g/mol. The second-order valence-corrected chi connectivity index (χ2v) is 5.11. The predicted octanol–water partition coefficient (Wildman–Crippen LogP) is 2.09. The lowest BCUT2D eigenvalue weighted by atomic mass is 10.1. The molecule has 1 amide bonds. The second-order valence-electron chi connectivity index (χ2n) is 4.68. The molecule has 5 heteroatoms. The molecular weight excluding hydrogens is 264 g/mol. The molecule has 106 valence electrons. The van der Waals surface area contributed by atoms with Crippen LogP contribution in [-0.2, 0) is 11.2 Å². The summed E-state index contributed by atoms with van der Waals surface area (Å²) in [5.74, 6) is 0.615. The maximum atomic E-state index is 11.8. The van der Waals surface area contributed by atoms with Crippen LogP contribution in [0, 0.1) is 0 Å². The van der Waals surface area contributed by atoms with E-state index in [4.69, 9.17) is 22.1 Å². The number of ether oxygens (including phenoxy) is 1. The first-order valence-corrected chi connectivity index (χ1v) is 6.70. The summed E-state index contributed by atoms with van der Waals surface area (Å²) >= 11 is 5.94. The van der Waals surface area contributed by atoms with E-state index in [0.717, 1.165) is 5.56 Å². The Labute approximate surface area is 119 Å². The van der Waals surface area contributed by atoms with Crippen LogP contribution in [0.2, 0.25) is 5.02 Å². The van der Waals surface area contributed by atoms with Gasteiger partial charge in [0.2, 0.25) is 0 Å². The van der Waals surface area contributed by atoms with Gasteiger partial charge < -0.3 is 15.4 Å². The molecule has 1 aromatic rings. The summed E-state index contributed by atoms with van der Waals surface area (Å²) in [6.45, 7) is 4.45. The Bertz CT molecular complexity index is 435. The van der Waals surface area contributed by atoms with Crippen LogP contribution in [-0.4, -0.2) is 37.0 Å². The van der Waals surface area contributed by atoms with Gasteiger partial charge in [0.15, 0.2) is 6.61 Å². The minimum absolute atomic E-state index is 0.0217. The summed E-state index contributed by atoms with van der Waals surface area (Å²) < 4.78 is 5.57. The van der Waals surface area contributed by atoms with Crippen LogP contribution in [0.5, 0.6) is 5.75 Å². The van der Waals surface area contributed by atoms with Crippen molar-refractivity contribution in [2.24, 2.45) is 5.73 Å². The number of likely N-dealkylation sites (N-methyl/N-ethyl adjacent to an activating group) is 1. The summed E-state index contributed by atoms with van der Waals surface area (Å²) in [6, 6.07) is 5.49. The van der Waals surface area contributed by atoms with E-state index >= 15 is 0 Å². The number of benzene rings is 1. The van der Waals surface area contributed by atoms with Crippen LogP contribution in [0.1, 0.15) is 19.4 Å². The van der Waals surface area contributed by atoms with E-state index < -0.39 is 0 Å². The Balaban J connectivity index is 2.69. The summed E-state index contributed by atoms with van der Waals surface area (Å²) in [4.78, 5) is 13.5. The summed E-state index contributed by atoms with van der Waals surface area (Å²) in [5, 5.41) is 0.640. The largest absolute Gasteiger partial charge is 0.483 e. The van der Waals surface area contributed by atoms with Gasteiger partial charge in [-0.1, -0.05) is 11.6 Å². The molecule has 0 aliphatic rings. The number of carbonyl (C=O) groups is 1. The zero-order valence-corrected chi connectivity index (χ0v) is 12.4. The zero-order chi connectivity index (χ0) is 14.4.